The van der Waals surface area contributed by atoms with Gasteiger partial charge in [0.05, 0.1) is 22.1 Å². The van der Waals surface area contributed by atoms with Crippen LogP contribution < -0.4 is 9.80 Å². The van der Waals surface area contributed by atoms with E-state index in [2.05, 4.69) is 310 Å². The van der Waals surface area contributed by atoms with Crippen LogP contribution in [-0.2, 0) is 0 Å². The summed E-state index contributed by atoms with van der Waals surface area (Å²) in [7, 11) is 0. The van der Waals surface area contributed by atoms with Gasteiger partial charge in [0.25, 0.3) is 0 Å². The summed E-state index contributed by atoms with van der Waals surface area (Å²) in [5.74, 6) is 0. The summed E-state index contributed by atoms with van der Waals surface area (Å²) in [5, 5.41) is 9.82. The van der Waals surface area contributed by atoms with Crippen molar-refractivity contribution in [2.75, 3.05) is 9.80 Å². The molecule has 0 aliphatic carbocycles. The first-order valence-corrected chi connectivity index (χ1v) is 25.3. The standard InChI is InChI=1S/C70H48N4/c1-3-19-55(20-4-1)71(61-41-43-69-65(47-61)63-23-11-13-25-67(63)73(69)59-39-33-51-15-7-9-17-53(51)45-59)57-35-29-49(30-36-57)27-28-50-31-37-58(38-32-50)72(56-21-5-2-6-22-56)62-42-44-70-66(48-62)64-24-12-14-26-68(64)74(70)60-40-34-52-16-8-10-18-54(52)46-60/h1-48H. The Kier molecular flexibility index (Phi) is 10.5. The van der Waals surface area contributed by atoms with Gasteiger partial charge in [-0.05, 0) is 154 Å². The van der Waals surface area contributed by atoms with Crippen molar-refractivity contribution in [1.82, 2.24) is 9.13 Å². The van der Waals surface area contributed by atoms with Crippen molar-refractivity contribution in [3.63, 3.8) is 0 Å². The van der Waals surface area contributed by atoms with E-state index in [-0.39, 0.29) is 0 Å². The molecule has 2 aromatic heterocycles. The molecule has 0 saturated heterocycles. The lowest BCUT2D eigenvalue weighted by atomic mass is 10.1. The molecule has 4 heteroatoms. The number of rotatable bonds is 10. The number of aromatic nitrogens is 2. The zero-order valence-corrected chi connectivity index (χ0v) is 40.5. The van der Waals surface area contributed by atoms with Crippen LogP contribution in [0.5, 0.6) is 0 Å². The molecule has 0 saturated carbocycles. The molecule has 4 nitrogen and oxygen atoms in total. The number of hydrogen-bond donors (Lipinski definition) is 0. The highest BCUT2D eigenvalue weighted by Gasteiger charge is 2.20. The summed E-state index contributed by atoms with van der Waals surface area (Å²) >= 11 is 0. The largest absolute Gasteiger partial charge is 0.310 e. The number of nitrogens with zero attached hydrogens (tertiary/aromatic N) is 4. The van der Waals surface area contributed by atoms with Crippen molar-refractivity contribution < 1.29 is 0 Å². The molecule has 74 heavy (non-hydrogen) atoms. The zero-order chi connectivity index (χ0) is 49.0. The lowest BCUT2D eigenvalue weighted by Gasteiger charge is -2.26. The fourth-order valence-corrected chi connectivity index (χ4v) is 11.1. The van der Waals surface area contributed by atoms with Crippen LogP contribution in [0, 0.1) is 0 Å². The van der Waals surface area contributed by atoms with E-state index in [1.807, 2.05) is 0 Å². The number of anilines is 6. The highest BCUT2D eigenvalue weighted by molar-refractivity contribution is 6.12. The average molecular weight is 945 g/mol. The molecule has 0 aliphatic rings. The van der Waals surface area contributed by atoms with Crippen molar-refractivity contribution >= 4 is 111 Å². The molecule has 14 aromatic rings. The molecule has 0 radical (unpaired) electrons. The van der Waals surface area contributed by atoms with Crippen LogP contribution in [0.3, 0.4) is 0 Å². The predicted octanol–water partition coefficient (Wildman–Crippen LogP) is 19.3. The number of hydrogen-bond acceptors (Lipinski definition) is 2. The second-order valence-electron chi connectivity index (χ2n) is 19.0. The molecular formula is C70H48N4. The fraction of sp³-hybridized carbons (Fsp3) is 0. The number of para-hydroxylation sites is 4. The molecule has 12 aromatic carbocycles. The van der Waals surface area contributed by atoms with Gasteiger partial charge in [-0.1, -0.05) is 170 Å². The summed E-state index contributed by atoms with van der Waals surface area (Å²) in [4.78, 5) is 4.71. The molecule has 0 fully saturated rings. The van der Waals surface area contributed by atoms with E-state index in [0.29, 0.717) is 0 Å². The Balaban J connectivity index is 0.769. The molecular weight excluding hydrogens is 897 g/mol. The molecule has 0 amide bonds. The van der Waals surface area contributed by atoms with E-state index in [0.717, 1.165) is 56.6 Å². The van der Waals surface area contributed by atoms with Crippen LogP contribution in [-0.4, -0.2) is 9.13 Å². The Labute approximate surface area is 429 Å². The van der Waals surface area contributed by atoms with Gasteiger partial charge in [-0.15, -0.1) is 0 Å². The van der Waals surface area contributed by atoms with Crippen LogP contribution in [0.25, 0.3) is 88.7 Å². The maximum atomic E-state index is 2.40. The summed E-state index contributed by atoms with van der Waals surface area (Å²) in [6.45, 7) is 0. The monoisotopic (exact) mass is 944 g/mol. The van der Waals surface area contributed by atoms with E-state index in [1.54, 1.807) is 0 Å². The van der Waals surface area contributed by atoms with Crippen molar-refractivity contribution in [3.8, 4) is 11.4 Å². The molecule has 0 aliphatic heterocycles. The first kappa shape index (κ1) is 42.9. The van der Waals surface area contributed by atoms with Crippen molar-refractivity contribution in [3.05, 3.63) is 290 Å². The number of benzene rings is 12. The van der Waals surface area contributed by atoms with Crippen molar-refractivity contribution in [2.45, 2.75) is 0 Å². The van der Waals surface area contributed by atoms with Gasteiger partial charge in [0.15, 0.2) is 0 Å². The molecule has 0 spiro atoms. The third-order valence-electron chi connectivity index (χ3n) is 14.6. The Hall–Kier alpha value is -9.90. The summed E-state index contributed by atoms with van der Waals surface area (Å²) in [5.41, 5.74) is 15.9. The molecule has 14 rings (SSSR count). The summed E-state index contributed by atoms with van der Waals surface area (Å²) < 4.78 is 4.80. The first-order valence-electron chi connectivity index (χ1n) is 25.3. The molecule has 348 valence electrons. The highest BCUT2D eigenvalue weighted by Crippen LogP contribution is 2.42. The van der Waals surface area contributed by atoms with Gasteiger partial charge in [-0.2, -0.15) is 0 Å². The lowest BCUT2D eigenvalue weighted by Crippen LogP contribution is -2.09. The topological polar surface area (TPSA) is 16.3 Å². The van der Waals surface area contributed by atoms with E-state index in [1.165, 1.54) is 65.2 Å². The molecule has 0 atom stereocenters. The second-order valence-corrected chi connectivity index (χ2v) is 19.0. The van der Waals surface area contributed by atoms with Crippen LogP contribution in [0.2, 0.25) is 0 Å². The quantitative estimate of drug-likeness (QED) is 0.127. The van der Waals surface area contributed by atoms with E-state index >= 15 is 0 Å². The van der Waals surface area contributed by atoms with Gasteiger partial charge >= 0.3 is 0 Å². The van der Waals surface area contributed by atoms with Crippen molar-refractivity contribution in [2.24, 2.45) is 0 Å². The van der Waals surface area contributed by atoms with E-state index in [4.69, 9.17) is 0 Å². The Morgan fingerprint density at radius 3 is 1.00 bits per heavy atom. The maximum absolute atomic E-state index is 2.40. The third-order valence-corrected chi connectivity index (χ3v) is 14.6. The maximum Gasteiger partial charge on any atom is 0.0542 e. The summed E-state index contributed by atoms with van der Waals surface area (Å²) in [6.07, 6.45) is 4.40. The van der Waals surface area contributed by atoms with Crippen LogP contribution in [0.4, 0.5) is 34.1 Å². The molecule has 0 N–H and O–H groups in total. The van der Waals surface area contributed by atoms with Gasteiger partial charge in [-0.3, -0.25) is 0 Å². The first-order chi connectivity index (χ1) is 36.7. The second kappa shape index (κ2) is 18.1. The Bertz CT molecular complexity index is 4130. The Morgan fingerprint density at radius 1 is 0.230 bits per heavy atom. The molecule has 2 heterocycles. The SMILES string of the molecule is C(=Cc1ccc(N(c2ccccc2)c2ccc3c(c2)c2ccccc2n3-c2ccc3ccccc3c2)cc1)c1ccc(N(c2ccccc2)c2ccc3c(c2)c2ccccc2n3-c2ccc3ccccc3c2)cc1. The fourth-order valence-electron chi connectivity index (χ4n) is 11.1. The Morgan fingerprint density at radius 2 is 0.568 bits per heavy atom. The van der Waals surface area contributed by atoms with Gasteiger partial charge < -0.3 is 18.9 Å². The molecule has 0 bridgehead atoms. The van der Waals surface area contributed by atoms with E-state index in [9.17, 15) is 0 Å². The summed E-state index contributed by atoms with van der Waals surface area (Å²) in [6, 6.07) is 101. The average Bonchev–Trinajstić information content (AvgIpc) is 3.98. The minimum Gasteiger partial charge on any atom is -0.310 e. The number of fused-ring (bicyclic) bond motifs is 8. The van der Waals surface area contributed by atoms with Crippen LogP contribution in [0.15, 0.2) is 279 Å². The third kappa shape index (κ3) is 7.56. The minimum atomic E-state index is 1.09. The van der Waals surface area contributed by atoms with Gasteiger partial charge in [0.2, 0.25) is 0 Å². The van der Waals surface area contributed by atoms with E-state index < -0.39 is 0 Å². The van der Waals surface area contributed by atoms with Gasteiger partial charge in [-0.25, -0.2) is 0 Å². The van der Waals surface area contributed by atoms with Gasteiger partial charge in [0, 0.05) is 67.0 Å². The van der Waals surface area contributed by atoms with Gasteiger partial charge in [0.1, 0.15) is 0 Å². The minimum absolute atomic E-state index is 1.09. The predicted molar refractivity (Wildman–Crippen MR) is 315 cm³/mol. The van der Waals surface area contributed by atoms with Crippen LogP contribution in [0.1, 0.15) is 11.1 Å². The van der Waals surface area contributed by atoms with Crippen LogP contribution >= 0.6 is 0 Å². The zero-order valence-electron chi connectivity index (χ0n) is 40.5. The lowest BCUT2D eigenvalue weighted by molar-refractivity contribution is 1.18. The normalized spacial score (nSPS) is 11.7. The molecule has 0 unspecified atom stereocenters. The smallest absolute Gasteiger partial charge is 0.0542 e. The van der Waals surface area contributed by atoms with Crippen molar-refractivity contribution in [1.29, 1.82) is 0 Å². The highest BCUT2D eigenvalue weighted by atomic mass is 15.1.